The molecule has 0 bridgehead atoms. The van der Waals surface area contributed by atoms with Crippen molar-refractivity contribution < 1.29 is 13.9 Å². The Bertz CT molecular complexity index is 629. The van der Waals surface area contributed by atoms with Crippen LogP contribution in [0.15, 0.2) is 48.5 Å². The summed E-state index contributed by atoms with van der Waals surface area (Å²) in [5, 5.41) is 6.09. The largest absolute Gasteiger partial charge is 0.493 e. The molecule has 0 aromatic heterocycles. The van der Waals surface area contributed by atoms with E-state index in [1.807, 2.05) is 31.2 Å². The number of anilines is 1. The number of carbonyl (C=O) groups is 1. The molecule has 0 aliphatic heterocycles. The first-order valence-corrected chi connectivity index (χ1v) is 7.65. The van der Waals surface area contributed by atoms with E-state index in [0.29, 0.717) is 5.75 Å². The van der Waals surface area contributed by atoms with E-state index in [0.717, 1.165) is 24.3 Å². The second-order valence-electron chi connectivity index (χ2n) is 5.08. The molecule has 0 heterocycles. The van der Waals surface area contributed by atoms with Gasteiger partial charge in [-0.25, -0.2) is 4.39 Å². The summed E-state index contributed by atoms with van der Waals surface area (Å²) in [5.41, 5.74) is 1.89. The maximum Gasteiger partial charge on any atom is 0.227 e. The third-order valence-electron chi connectivity index (χ3n) is 3.20. The normalized spacial score (nSPS) is 10.3. The van der Waals surface area contributed by atoms with E-state index in [1.54, 1.807) is 0 Å². The van der Waals surface area contributed by atoms with Gasteiger partial charge in [0.05, 0.1) is 13.0 Å². The highest BCUT2D eigenvalue weighted by Gasteiger charge is 2.04. The Morgan fingerprint density at radius 2 is 1.96 bits per heavy atom. The summed E-state index contributed by atoms with van der Waals surface area (Å²) in [6, 6.07) is 13.5. The summed E-state index contributed by atoms with van der Waals surface area (Å²) < 4.78 is 18.2. The van der Waals surface area contributed by atoms with Gasteiger partial charge in [0, 0.05) is 12.2 Å². The van der Waals surface area contributed by atoms with Crippen LogP contribution < -0.4 is 15.4 Å². The van der Waals surface area contributed by atoms with Crippen LogP contribution in [0, 0.1) is 5.82 Å². The summed E-state index contributed by atoms with van der Waals surface area (Å²) in [4.78, 5) is 11.9. The maximum absolute atomic E-state index is 12.8. The van der Waals surface area contributed by atoms with Crippen molar-refractivity contribution in [2.75, 3.05) is 18.5 Å². The molecule has 0 atom stereocenters. The van der Waals surface area contributed by atoms with Gasteiger partial charge >= 0.3 is 0 Å². The van der Waals surface area contributed by atoms with Gasteiger partial charge in [0.15, 0.2) is 0 Å². The summed E-state index contributed by atoms with van der Waals surface area (Å²) >= 11 is 0. The van der Waals surface area contributed by atoms with E-state index in [4.69, 9.17) is 4.74 Å². The van der Waals surface area contributed by atoms with E-state index in [2.05, 4.69) is 10.6 Å². The minimum Gasteiger partial charge on any atom is -0.493 e. The third-order valence-corrected chi connectivity index (χ3v) is 3.20. The molecule has 0 aliphatic rings. The number of nitrogens with one attached hydrogen (secondary N) is 2. The Kier molecular flexibility index (Phi) is 6.56. The number of halogens is 1. The van der Waals surface area contributed by atoms with Crippen LogP contribution in [0.4, 0.5) is 10.1 Å². The number of hydrogen-bond acceptors (Lipinski definition) is 3. The highest BCUT2D eigenvalue weighted by molar-refractivity contribution is 5.90. The summed E-state index contributed by atoms with van der Waals surface area (Å²) in [6.45, 7) is 3.96. The standard InChI is InChI=1S/C18H21FN2O2/c1-2-20-13-14-4-3-5-16(12-14)21-18(22)10-11-23-17-8-6-15(19)7-9-17/h3-9,12,20H,2,10-11,13H2,1H3,(H,21,22). The zero-order valence-corrected chi connectivity index (χ0v) is 13.1. The summed E-state index contributed by atoms with van der Waals surface area (Å²) in [7, 11) is 0. The number of benzene rings is 2. The topological polar surface area (TPSA) is 50.4 Å². The molecular formula is C18H21FN2O2. The lowest BCUT2D eigenvalue weighted by molar-refractivity contribution is -0.116. The fourth-order valence-electron chi connectivity index (χ4n) is 2.04. The molecule has 0 aliphatic carbocycles. The molecule has 0 saturated carbocycles. The molecule has 2 rings (SSSR count). The van der Waals surface area contributed by atoms with Crippen LogP contribution in [0.3, 0.4) is 0 Å². The number of ether oxygens (including phenoxy) is 1. The molecule has 1 amide bonds. The Morgan fingerprint density at radius 1 is 1.17 bits per heavy atom. The predicted octanol–water partition coefficient (Wildman–Crippen LogP) is 3.34. The summed E-state index contributed by atoms with van der Waals surface area (Å²) in [5.74, 6) is 0.118. The molecule has 2 aromatic rings. The van der Waals surface area contributed by atoms with E-state index >= 15 is 0 Å². The lowest BCUT2D eigenvalue weighted by Gasteiger charge is -2.09. The van der Waals surface area contributed by atoms with Crippen molar-refractivity contribution in [3.8, 4) is 5.75 Å². The van der Waals surface area contributed by atoms with Crippen molar-refractivity contribution >= 4 is 11.6 Å². The van der Waals surface area contributed by atoms with Crippen LogP contribution in [0.5, 0.6) is 5.75 Å². The first kappa shape index (κ1) is 17.0. The molecular weight excluding hydrogens is 295 g/mol. The van der Waals surface area contributed by atoms with Crippen LogP contribution >= 0.6 is 0 Å². The fraction of sp³-hybridized carbons (Fsp3) is 0.278. The average Bonchev–Trinajstić information content (AvgIpc) is 2.55. The van der Waals surface area contributed by atoms with Gasteiger partial charge in [0.1, 0.15) is 11.6 Å². The second-order valence-corrected chi connectivity index (χ2v) is 5.08. The first-order valence-electron chi connectivity index (χ1n) is 7.65. The Hall–Kier alpha value is -2.40. The SMILES string of the molecule is CCNCc1cccc(NC(=O)CCOc2ccc(F)cc2)c1. The Morgan fingerprint density at radius 3 is 2.70 bits per heavy atom. The minimum atomic E-state index is -0.312. The third kappa shape index (κ3) is 6.08. The van der Waals surface area contributed by atoms with Crippen molar-refractivity contribution in [2.45, 2.75) is 19.9 Å². The van der Waals surface area contributed by atoms with Gasteiger partial charge in [-0.3, -0.25) is 4.79 Å². The number of amides is 1. The van der Waals surface area contributed by atoms with Gasteiger partial charge in [0.2, 0.25) is 5.91 Å². The van der Waals surface area contributed by atoms with Gasteiger partial charge < -0.3 is 15.4 Å². The highest BCUT2D eigenvalue weighted by atomic mass is 19.1. The van der Waals surface area contributed by atoms with Crippen molar-refractivity contribution in [3.63, 3.8) is 0 Å². The number of rotatable bonds is 8. The Balaban J connectivity index is 1.77. The van der Waals surface area contributed by atoms with Gasteiger partial charge in [-0.05, 0) is 48.5 Å². The summed E-state index contributed by atoms with van der Waals surface area (Å²) in [6.07, 6.45) is 0.231. The van der Waals surface area contributed by atoms with Crippen LogP contribution in [0.25, 0.3) is 0 Å². The van der Waals surface area contributed by atoms with Gasteiger partial charge in [0.25, 0.3) is 0 Å². The van der Waals surface area contributed by atoms with Gasteiger partial charge in [-0.15, -0.1) is 0 Å². The van der Waals surface area contributed by atoms with Crippen LogP contribution in [0.1, 0.15) is 18.9 Å². The minimum absolute atomic E-state index is 0.118. The van der Waals surface area contributed by atoms with Gasteiger partial charge in [-0.1, -0.05) is 19.1 Å². The second kappa shape index (κ2) is 8.90. The molecule has 0 saturated heterocycles. The molecule has 4 nitrogen and oxygen atoms in total. The van der Waals surface area contributed by atoms with E-state index in [9.17, 15) is 9.18 Å². The van der Waals surface area contributed by atoms with Crippen LogP contribution in [0.2, 0.25) is 0 Å². The monoisotopic (exact) mass is 316 g/mol. The average molecular weight is 316 g/mol. The highest BCUT2D eigenvalue weighted by Crippen LogP contribution is 2.13. The molecule has 0 unspecified atom stereocenters. The van der Waals surface area contributed by atoms with E-state index in [-0.39, 0.29) is 24.8 Å². The van der Waals surface area contributed by atoms with Crippen molar-refractivity contribution in [1.82, 2.24) is 5.32 Å². The zero-order chi connectivity index (χ0) is 16.5. The van der Waals surface area contributed by atoms with E-state index < -0.39 is 0 Å². The van der Waals surface area contributed by atoms with Crippen molar-refractivity contribution in [3.05, 3.63) is 59.9 Å². The van der Waals surface area contributed by atoms with E-state index in [1.165, 1.54) is 24.3 Å². The quantitative estimate of drug-likeness (QED) is 0.785. The van der Waals surface area contributed by atoms with Crippen LogP contribution in [-0.2, 0) is 11.3 Å². The molecule has 0 fully saturated rings. The van der Waals surface area contributed by atoms with Gasteiger partial charge in [-0.2, -0.15) is 0 Å². The maximum atomic E-state index is 12.8. The molecule has 5 heteroatoms. The molecule has 0 spiro atoms. The zero-order valence-electron chi connectivity index (χ0n) is 13.1. The number of hydrogen-bond donors (Lipinski definition) is 2. The number of carbonyl (C=O) groups excluding carboxylic acids is 1. The lowest BCUT2D eigenvalue weighted by atomic mass is 10.2. The molecule has 0 radical (unpaired) electrons. The first-order chi connectivity index (χ1) is 11.2. The fourth-order valence-corrected chi connectivity index (χ4v) is 2.04. The molecule has 23 heavy (non-hydrogen) atoms. The predicted molar refractivity (Wildman–Crippen MR) is 89.0 cm³/mol. The molecule has 2 aromatic carbocycles. The molecule has 2 N–H and O–H groups in total. The Labute approximate surface area is 135 Å². The smallest absolute Gasteiger partial charge is 0.227 e. The molecule has 122 valence electrons. The van der Waals surface area contributed by atoms with Crippen molar-refractivity contribution in [1.29, 1.82) is 0 Å². The van der Waals surface area contributed by atoms with Crippen molar-refractivity contribution in [2.24, 2.45) is 0 Å². The lowest BCUT2D eigenvalue weighted by Crippen LogP contribution is -2.16. The van der Waals surface area contributed by atoms with Crippen LogP contribution in [-0.4, -0.2) is 19.1 Å².